The molecule has 2 aromatic rings. The van der Waals surface area contributed by atoms with E-state index in [2.05, 4.69) is 16.9 Å². The Morgan fingerprint density at radius 3 is 2.50 bits per heavy atom. The normalized spacial score (nSPS) is 23.6. The fraction of sp³-hybridized carbons (Fsp3) is 0.462. The van der Waals surface area contributed by atoms with E-state index >= 15 is 0 Å². The van der Waals surface area contributed by atoms with Gasteiger partial charge < -0.3 is 10.2 Å². The first kappa shape index (κ1) is 24.8. The van der Waals surface area contributed by atoms with Crippen molar-refractivity contribution in [1.82, 2.24) is 14.6 Å². The van der Waals surface area contributed by atoms with Crippen LogP contribution in [0.3, 0.4) is 0 Å². The van der Waals surface area contributed by atoms with Crippen molar-refractivity contribution in [3.05, 3.63) is 66.5 Å². The summed E-state index contributed by atoms with van der Waals surface area (Å²) >= 11 is 0. The van der Waals surface area contributed by atoms with Crippen LogP contribution in [0.2, 0.25) is 0 Å². The largest absolute Gasteiger partial charge is 0.369 e. The summed E-state index contributed by atoms with van der Waals surface area (Å²) in [6.07, 6.45) is 7.74. The second-order valence-corrected chi connectivity index (χ2v) is 12.0. The van der Waals surface area contributed by atoms with Gasteiger partial charge in [-0.25, -0.2) is 17.2 Å². The van der Waals surface area contributed by atoms with Gasteiger partial charge in [0.1, 0.15) is 11.9 Å². The zero-order valence-corrected chi connectivity index (χ0v) is 20.8. The molecule has 36 heavy (non-hydrogen) atoms. The van der Waals surface area contributed by atoms with Crippen molar-refractivity contribution >= 4 is 21.6 Å². The number of sulfonamides is 1. The molecule has 3 aliphatic rings. The van der Waals surface area contributed by atoms with Crippen LogP contribution >= 0.6 is 0 Å². The van der Waals surface area contributed by atoms with Crippen molar-refractivity contribution < 1.29 is 22.0 Å². The van der Waals surface area contributed by atoms with Crippen LogP contribution in [0.1, 0.15) is 37.8 Å². The van der Waals surface area contributed by atoms with Gasteiger partial charge in [-0.15, -0.1) is 6.58 Å². The summed E-state index contributed by atoms with van der Waals surface area (Å²) in [6, 6.07) is 5.25. The molecule has 0 radical (unpaired) electrons. The Morgan fingerprint density at radius 2 is 1.86 bits per heavy atom. The molecule has 192 valence electrons. The molecule has 1 aromatic heterocycles. The van der Waals surface area contributed by atoms with Crippen LogP contribution < -0.4 is 10.2 Å². The summed E-state index contributed by atoms with van der Waals surface area (Å²) in [6.45, 7) is 5.51. The lowest BCUT2D eigenvalue weighted by Gasteiger charge is -2.34. The number of amides is 1. The van der Waals surface area contributed by atoms with Gasteiger partial charge in [-0.05, 0) is 73.8 Å². The first-order valence-electron chi connectivity index (χ1n) is 12.3. The molecule has 2 atom stereocenters. The van der Waals surface area contributed by atoms with E-state index in [1.54, 1.807) is 12.1 Å². The number of piperidine rings is 1. The lowest BCUT2D eigenvalue weighted by molar-refractivity contribution is -0.124. The minimum atomic E-state index is -4.02. The fourth-order valence-electron chi connectivity index (χ4n) is 5.26. The molecule has 0 bridgehead atoms. The van der Waals surface area contributed by atoms with Gasteiger partial charge in [0.25, 0.3) is 0 Å². The topological polar surface area (TPSA) is 82.6 Å². The Hall–Kier alpha value is -2.85. The third-order valence-electron chi connectivity index (χ3n) is 7.80. The van der Waals surface area contributed by atoms with E-state index in [1.807, 2.05) is 4.90 Å². The molecule has 7 nitrogen and oxygen atoms in total. The van der Waals surface area contributed by atoms with Gasteiger partial charge in [0.2, 0.25) is 15.9 Å². The zero-order chi connectivity index (χ0) is 25.5. The molecule has 3 fully saturated rings. The van der Waals surface area contributed by atoms with Gasteiger partial charge in [-0.1, -0.05) is 6.08 Å². The molecular weight excluding hydrogens is 486 g/mol. The molecule has 1 spiro atoms. The van der Waals surface area contributed by atoms with Crippen molar-refractivity contribution in [3.63, 3.8) is 0 Å². The lowest BCUT2D eigenvalue weighted by atomic mass is 9.93. The highest BCUT2D eigenvalue weighted by Crippen LogP contribution is 2.54. The highest BCUT2D eigenvalue weighted by Gasteiger charge is 2.45. The SMILES string of the molecule is C=CC1CC(C(=O)NCc2cc(N3CCC4(CC3)CC4)c(F)cn2)N(S(=O)(=O)c2ccc(F)cc2)C1. The summed E-state index contributed by atoms with van der Waals surface area (Å²) in [5.41, 5.74) is 1.46. The number of hydrogen-bond acceptors (Lipinski definition) is 5. The minimum absolute atomic E-state index is 0.0452. The van der Waals surface area contributed by atoms with Crippen LogP contribution in [0, 0.1) is 23.0 Å². The van der Waals surface area contributed by atoms with Crippen molar-refractivity contribution in [1.29, 1.82) is 0 Å². The van der Waals surface area contributed by atoms with Crippen LogP contribution in [0.4, 0.5) is 14.5 Å². The van der Waals surface area contributed by atoms with Crippen molar-refractivity contribution in [2.75, 3.05) is 24.5 Å². The number of rotatable bonds is 7. The molecule has 1 saturated carbocycles. The second-order valence-electron chi connectivity index (χ2n) is 10.1. The van der Waals surface area contributed by atoms with Gasteiger partial charge in [0.05, 0.1) is 29.0 Å². The van der Waals surface area contributed by atoms with Gasteiger partial charge in [0, 0.05) is 19.6 Å². The number of pyridine rings is 1. The van der Waals surface area contributed by atoms with Gasteiger partial charge in [-0.2, -0.15) is 4.31 Å². The average Bonchev–Trinajstić information content (AvgIpc) is 3.47. The maximum atomic E-state index is 14.6. The highest BCUT2D eigenvalue weighted by molar-refractivity contribution is 7.89. The number of hydrogen-bond donors (Lipinski definition) is 1. The monoisotopic (exact) mass is 516 g/mol. The van der Waals surface area contributed by atoms with Crippen LogP contribution in [-0.2, 0) is 21.4 Å². The van der Waals surface area contributed by atoms with Crippen LogP contribution in [-0.4, -0.2) is 49.3 Å². The average molecular weight is 517 g/mol. The number of carbonyl (C=O) groups is 1. The van der Waals surface area contributed by atoms with Crippen LogP contribution in [0.5, 0.6) is 0 Å². The maximum Gasteiger partial charge on any atom is 0.243 e. The molecular formula is C26H30F2N4O3S. The Bertz CT molecular complexity index is 1250. The van der Waals surface area contributed by atoms with Gasteiger partial charge in [-0.3, -0.25) is 9.78 Å². The number of carbonyl (C=O) groups excluding carboxylic acids is 1. The van der Waals surface area contributed by atoms with E-state index in [4.69, 9.17) is 0 Å². The predicted octanol–water partition coefficient (Wildman–Crippen LogP) is 3.62. The van der Waals surface area contributed by atoms with Crippen LogP contribution in [0.15, 0.2) is 54.1 Å². The first-order valence-corrected chi connectivity index (χ1v) is 13.7. The van der Waals surface area contributed by atoms with E-state index in [-0.39, 0.29) is 30.3 Å². The van der Waals surface area contributed by atoms with E-state index in [0.29, 0.717) is 16.8 Å². The Morgan fingerprint density at radius 1 is 1.17 bits per heavy atom. The van der Waals surface area contributed by atoms with E-state index < -0.39 is 33.6 Å². The van der Waals surface area contributed by atoms with Gasteiger partial charge in [0.15, 0.2) is 5.82 Å². The van der Waals surface area contributed by atoms with Crippen molar-refractivity contribution in [2.45, 2.75) is 49.6 Å². The van der Waals surface area contributed by atoms with Crippen molar-refractivity contribution in [3.8, 4) is 0 Å². The summed E-state index contributed by atoms with van der Waals surface area (Å²) in [4.78, 5) is 19.2. The summed E-state index contributed by atoms with van der Waals surface area (Å²) in [5.74, 6) is -1.60. The standard InChI is InChI=1S/C26H30F2N4O3S/c1-2-18-13-24(32(17-18)36(34,35)21-5-3-19(27)4-6-21)25(33)30-15-20-14-23(22(28)16-29-20)31-11-9-26(7-8-26)10-12-31/h2-6,14,16,18,24H,1,7-13,15,17H2,(H,30,33). The third kappa shape index (κ3) is 4.88. The molecule has 2 saturated heterocycles. The molecule has 3 heterocycles. The molecule has 10 heteroatoms. The number of benzene rings is 1. The Balaban J connectivity index is 1.28. The molecule has 1 aliphatic carbocycles. The predicted molar refractivity (Wildman–Crippen MR) is 132 cm³/mol. The highest BCUT2D eigenvalue weighted by atomic mass is 32.2. The number of anilines is 1. The second kappa shape index (κ2) is 9.55. The van der Waals surface area contributed by atoms with Crippen LogP contribution in [0.25, 0.3) is 0 Å². The molecule has 2 aliphatic heterocycles. The summed E-state index contributed by atoms with van der Waals surface area (Å²) < 4.78 is 55.5. The summed E-state index contributed by atoms with van der Waals surface area (Å²) in [7, 11) is -4.02. The number of aromatic nitrogens is 1. The molecule has 1 aromatic carbocycles. The molecule has 2 unspecified atom stereocenters. The zero-order valence-electron chi connectivity index (χ0n) is 20.0. The Kier molecular flexibility index (Phi) is 6.59. The van der Waals surface area contributed by atoms with Gasteiger partial charge >= 0.3 is 0 Å². The maximum absolute atomic E-state index is 14.6. The van der Waals surface area contributed by atoms with E-state index in [9.17, 15) is 22.0 Å². The van der Waals surface area contributed by atoms with Crippen molar-refractivity contribution in [2.24, 2.45) is 11.3 Å². The summed E-state index contributed by atoms with van der Waals surface area (Å²) in [5, 5.41) is 2.78. The van der Waals surface area contributed by atoms with E-state index in [1.165, 1.54) is 31.2 Å². The smallest absolute Gasteiger partial charge is 0.243 e. The minimum Gasteiger partial charge on any atom is -0.369 e. The molecule has 5 rings (SSSR count). The van der Waals surface area contributed by atoms with E-state index in [0.717, 1.165) is 42.4 Å². The molecule has 1 amide bonds. The number of nitrogens with zero attached hydrogens (tertiary/aromatic N) is 3. The molecule has 1 N–H and O–H groups in total. The number of halogens is 2. The fourth-order valence-corrected chi connectivity index (χ4v) is 6.91. The Labute approximate surface area is 210 Å². The lowest BCUT2D eigenvalue weighted by Crippen LogP contribution is -2.45. The first-order chi connectivity index (χ1) is 17.2. The number of nitrogens with one attached hydrogen (secondary N) is 1. The quantitative estimate of drug-likeness (QED) is 0.569. The third-order valence-corrected chi connectivity index (χ3v) is 9.69.